The Labute approximate surface area is 172 Å². The molecule has 1 saturated heterocycles. The average Bonchev–Trinajstić information content (AvgIpc) is 3.37. The summed E-state index contributed by atoms with van der Waals surface area (Å²) in [6.45, 7) is 5.50. The number of carbonyl (C=O) groups is 2. The molecule has 2 aliphatic rings. The van der Waals surface area contributed by atoms with Crippen LogP contribution < -0.4 is 24.6 Å². The third kappa shape index (κ3) is 4.69. The smallest absolute Gasteiger partial charge is 0.350 e. The highest BCUT2D eigenvalue weighted by molar-refractivity contribution is 7.12. The van der Waals surface area contributed by atoms with E-state index in [1.54, 1.807) is 11.4 Å². The monoisotopic (exact) mass is 419 g/mol. The fourth-order valence-electron chi connectivity index (χ4n) is 3.73. The van der Waals surface area contributed by atoms with E-state index in [1.165, 1.54) is 33.8 Å². The molecule has 29 heavy (non-hydrogen) atoms. The number of esters is 1. The quantitative estimate of drug-likeness (QED) is 0.534. The highest BCUT2D eigenvalue weighted by atomic mass is 32.1. The number of amides is 1. The number of rotatable bonds is 6. The number of hydrogen-bond donors (Lipinski definition) is 3. The lowest BCUT2D eigenvalue weighted by Crippen LogP contribution is -3.28. The maximum atomic E-state index is 12.4. The van der Waals surface area contributed by atoms with Crippen molar-refractivity contribution in [2.45, 2.75) is 6.54 Å². The van der Waals surface area contributed by atoms with Gasteiger partial charge in [-0.2, -0.15) is 0 Å². The summed E-state index contributed by atoms with van der Waals surface area (Å²) in [6.07, 6.45) is 0. The van der Waals surface area contributed by atoms with Crippen molar-refractivity contribution in [3.8, 4) is 11.5 Å². The number of piperazine rings is 1. The van der Waals surface area contributed by atoms with Gasteiger partial charge in [-0.25, -0.2) is 4.79 Å². The molecule has 0 aliphatic carbocycles. The van der Waals surface area contributed by atoms with Gasteiger partial charge in [-0.15, -0.1) is 11.3 Å². The first-order valence-corrected chi connectivity index (χ1v) is 10.5. The Hall–Kier alpha value is -2.62. The van der Waals surface area contributed by atoms with E-state index >= 15 is 0 Å². The van der Waals surface area contributed by atoms with E-state index in [0.29, 0.717) is 23.9 Å². The summed E-state index contributed by atoms with van der Waals surface area (Å²) in [5.41, 5.74) is 1.76. The summed E-state index contributed by atoms with van der Waals surface area (Å²) in [5.74, 6) is 1.12. The molecule has 0 spiro atoms. The van der Waals surface area contributed by atoms with Crippen molar-refractivity contribution in [2.75, 3.05) is 51.9 Å². The van der Waals surface area contributed by atoms with Crippen LogP contribution in [0.3, 0.4) is 0 Å². The van der Waals surface area contributed by atoms with E-state index in [4.69, 9.17) is 14.2 Å². The summed E-state index contributed by atoms with van der Waals surface area (Å²) in [6, 6.07) is 7.85. The van der Waals surface area contributed by atoms with Crippen LogP contribution in [0, 0.1) is 0 Å². The van der Waals surface area contributed by atoms with Gasteiger partial charge in [-0.1, -0.05) is 0 Å². The van der Waals surface area contributed by atoms with Gasteiger partial charge in [0.25, 0.3) is 5.91 Å². The van der Waals surface area contributed by atoms with E-state index in [-0.39, 0.29) is 5.91 Å². The molecule has 0 saturated carbocycles. The molecular weight excluding hydrogens is 394 g/mol. The van der Waals surface area contributed by atoms with Gasteiger partial charge in [0.15, 0.2) is 18.0 Å². The van der Waals surface area contributed by atoms with Crippen molar-refractivity contribution in [1.82, 2.24) is 0 Å². The molecule has 0 bridgehead atoms. The van der Waals surface area contributed by atoms with Gasteiger partial charge in [-0.05, 0) is 29.6 Å². The van der Waals surface area contributed by atoms with Gasteiger partial charge in [0, 0.05) is 5.56 Å². The average molecular weight is 420 g/mol. The van der Waals surface area contributed by atoms with Crippen LogP contribution in [0.4, 0.5) is 5.69 Å². The third-order valence-electron chi connectivity index (χ3n) is 5.28. The summed E-state index contributed by atoms with van der Waals surface area (Å²) in [7, 11) is 1.34. The Bertz CT molecular complexity index is 892. The number of carbonyl (C=O) groups excluding carboxylic acids is 2. The van der Waals surface area contributed by atoms with E-state index in [1.807, 2.05) is 6.07 Å². The van der Waals surface area contributed by atoms with Crippen LogP contribution in [0.1, 0.15) is 15.2 Å². The van der Waals surface area contributed by atoms with Gasteiger partial charge in [0.05, 0.1) is 12.8 Å². The molecule has 9 heteroatoms. The normalized spacial score (nSPS) is 20.3. The second-order valence-corrected chi connectivity index (χ2v) is 8.16. The first kappa shape index (κ1) is 19.7. The lowest BCUT2D eigenvalue weighted by Gasteiger charge is -2.29. The van der Waals surface area contributed by atoms with Crippen molar-refractivity contribution >= 4 is 28.9 Å². The summed E-state index contributed by atoms with van der Waals surface area (Å²) < 4.78 is 15.6. The topological polar surface area (TPSA) is 82.7 Å². The number of thiophene rings is 1. The van der Waals surface area contributed by atoms with E-state index in [0.717, 1.165) is 44.2 Å². The Balaban J connectivity index is 1.24. The minimum Gasteiger partial charge on any atom is -0.465 e. The van der Waals surface area contributed by atoms with Gasteiger partial charge in [0.2, 0.25) is 6.79 Å². The van der Waals surface area contributed by atoms with Crippen LogP contribution in [0.15, 0.2) is 29.6 Å². The second kappa shape index (κ2) is 8.81. The molecule has 2 aliphatic heterocycles. The SMILES string of the molecule is COC(=O)c1sccc1NC(=O)C[NH+]1CC[NH+](Cc2ccc3c(c2)OCO3)CC1. The number of quaternary nitrogens is 2. The molecule has 154 valence electrons. The van der Waals surface area contributed by atoms with Gasteiger partial charge in [-0.3, -0.25) is 4.79 Å². The summed E-state index contributed by atoms with van der Waals surface area (Å²) in [5, 5.41) is 4.62. The zero-order valence-electron chi connectivity index (χ0n) is 16.3. The van der Waals surface area contributed by atoms with Crippen molar-refractivity contribution in [1.29, 1.82) is 0 Å². The van der Waals surface area contributed by atoms with Crippen LogP contribution in [-0.2, 0) is 16.1 Å². The lowest BCUT2D eigenvalue weighted by molar-refractivity contribution is -1.02. The van der Waals surface area contributed by atoms with Crippen LogP contribution in [0.5, 0.6) is 11.5 Å². The van der Waals surface area contributed by atoms with Crippen LogP contribution in [0.25, 0.3) is 0 Å². The molecule has 0 unspecified atom stereocenters. The van der Waals surface area contributed by atoms with Crippen molar-refractivity contribution in [3.05, 3.63) is 40.1 Å². The standard InChI is InChI=1S/C20H23N3O5S/c1-26-20(25)19-15(4-9-29-19)21-18(24)12-23-7-5-22(6-8-23)11-14-2-3-16-17(10-14)28-13-27-16/h2-4,9-10H,5-8,11-13H2,1H3,(H,21,24)/p+2. The van der Waals surface area contributed by atoms with E-state index < -0.39 is 5.97 Å². The van der Waals surface area contributed by atoms with Crippen molar-refractivity contribution < 1.29 is 33.6 Å². The molecule has 2 aromatic rings. The molecule has 1 amide bonds. The molecule has 0 atom stereocenters. The highest BCUT2D eigenvalue weighted by Crippen LogP contribution is 2.32. The number of fused-ring (bicyclic) bond motifs is 1. The fraction of sp³-hybridized carbons (Fsp3) is 0.400. The predicted octanol–water partition coefficient (Wildman–Crippen LogP) is -0.814. The largest absolute Gasteiger partial charge is 0.465 e. The molecule has 3 heterocycles. The minimum absolute atomic E-state index is 0.0808. The molecule has 3 N–H and O–H groups in total. The number of methoxy groups -OCH3 is 1. The van der Waals surface area contributed by atoms with E-state index in [2.05, 4.69) is 17.4 Å². The number of hydrogen-bond acceptors (Lipinski definition) is 6. The summed E-state index contributed by atoms with van der Waals surface area (Å²) >= 11 is 1.26. The number of ether oxygens (including phenoxy) is 3. The fourth-order valence-corrected chi connectivity index (χ4v) is 4.50. The molecule has 0 radical (unpaired) electrons. The van der Waals surface area contributed by atoms with Crippen LogP contribution >= 0.6 is 11.3 Å². The zero-order chi connectivity index (χ0) is 20.2. The van der Waals surface area contributed by atoms with Gasteiger partial charge in [0.1, 0.15) is 37.6 Å². The molecule has 8 nitrogen and oxygen atoms in total. The van der Waals surface area contributed by atoms with Gasteiger partial charge < -0.3 is 29.3 Å². The third-order valence-corrected chi connectivity index (χ3v) is 6.17. The zero-order valence-corrected chi connectivity index (χ0v) is 17.1. The number of nitrogens with one attached hydrogen (secondary N) is 3. The maximum absolute atomic E-state index is 12.4. The van der Waals surface area contributed by atoms with Crippen molar-refractivity contribution in [3.63, 3.8) is 0 Å². The van der Waals surface area contributed by atoms with Gasteiger partial charge >= 0.3 is 5.97 Å². The molecule has 1 fully saturated rings. The minimum atomic E-state index is -0.427. The Morgan fingerprint density at radius 1 is 1.10 bits per heavy atom. The Morgan fingerprint density at radius 3 is 2.66 bits per heavy atom. The van der Waals surface area contributed by atoms with Crippen molar-refractivity contribution in [2.24, 2.45) is 0 Å². The molecular formula is C20H25N3O5S+2. The predicted molar refractivity (Wildman–Crippen MR) is 107 cm³/mol. The van der Waals surface area contributed by atoms with E-state index in [9.17, 15) is 9.59 Å². The summed E-state index contributed by atoms with van der Waals surface area (Å²) in [4.78, 5) is 27.3. The number of benzene rings is 1. The molecule has 1 aromatic heterocycles. The lowest BCUT2D eigenvalue weighted by atomic mass is 10.1. The first-order valence-electron chi connectivity index (χ1n) is 9.63. The Kier molecular flexibility index (Phi) is 5.98. The Morgan fingerprint density at radius 2 is 1.86 bits per heavy atom. The van der Waals surface area contributed by atoms with Crippen LogP contribution in [0.2, 0.25) is 0 Å². The molecule has 1 aromatic carbocycles. The highest BCUT2D eigenvalue weighted by Gasteiger charge is 2.26. The van der Waals surface area contributed by atoms with Crippen LogP contribution in [-0.4, -0.2) is 58.5 Å². The number of anilines is 1. The first-order chi connectivity index (χ1) is 14.1. The molecule has 4 rings (SSSR count). The second-order valence-electron chi connectivity index (χ2n) is 7.24. The maximum Gasteiger partial charge on any atom is 0.350 e.